The van der Waals surface area contributed by atoms with Crippen LogP contribution in [0.15, 0.2) is 41.3 Å². The molecule has 1 aliphatic carbocycles. The third kappa shape index (κ3) is 4.30. The molecule has 2 aromatic carbocycles. The summed E-state index contributed by atoms with van der Waals surface area (Å²) in [5, 5.41) is 11.0. The maximum absolute atomic E-state index is 13.1. The molecule has 0 aromatic heterocycles. The molecule has 0 bridgehead atoms. The molecule has 1 fully saturated rings. The fraction of sp³-hybridized carbons (Fsp3) is 0.381. The number of aryl methyl sites for hydroxylation is 2. The fourth-order valence-corrected chi connectivity index (χ4v) is 5.78. The Bertz CT molecular complexity index is 1140. The highest BCUT2D eigenvalue weighted by molar-refractivity contribution is 7.89. The van der Waals surface area contributed by atoms with E-state index in [1.165, 1.54) is 26.9 Å². The van der Waals surface area contributed by atoms with Crippen LogP contribution in [0.2, 0.25) is 5.02 Å². The Labute approximate surface area is 185 Å². The van der Waals surface area contributed by atoms with Gasteiger partial charge in [0, 0.05) is 37.8 Å². The van der Waals surface area contributed by atoms with Crippen LogP contribution in [0.3, 0.4) is 0 Å². The highest BCUT2D eigenvalue weighted by Crippen LogP contribution is 2.28. The zero-order chi connectivity index (χ0) is 22.2. The lowest BCUT2D eigenvalue weighted by atomic mass is 9.92. The van der Waals surface area contributed by atoms with Gasteiger partial charge in [-0.3, -0.25) is 14.9 Å². The largest absolute Gasteiger partial charge is 0.336 e. The quantitative estimate of drug-likeness (QED) is 0.511. The minimum atomic E-state index is -3.64. The van der Waals surface area contributed by atoms with E-state index in [4.69, 9.17) is 11.6 Å². The van der Waals surface area contributed by atoms with E-state index in [0.29, 0.717) is 4.90 Å². The van der Waals surface area contributed by atoms with Crippen LogP contribution in [0.5, 0.6) is 0 Å². The van der Waals surface area contributed by atoms with Crippen LogP contribution >= 0.6 is 11.6 Å². The maximum atomic E-state index is 13.1. The number of carbonyl (C=O) groups excluding carboxylic acids is 1. The number of rotatable bonds is 4. The maximum Gasteiger partial charge on any atom is 0.288 e. The molecule has 1 saturated heterocycles. The topological polar surface area (TPSA) is 101 Å². The van der Waals surface area contributed by atoms with E-state index < -0.39 is 14.9 Å². The summed E-state index contributed by atoms with van der Waals surface area (Å²) in [6.45, 7) is 0.751. The van der Waals surface area contributed by atoms with Gasteiger partial charge in [-0.1, -0.05) is 17.7 Å². The van der Waals surface area contributed by atoms with Gasteiger partial charge in [0.2, 0.25) is 10.0 Å². The first-order chi connectivity index (χ1) is 14.8. The number of sulfonamides is 1. The number of nitro groups is 1. The van der Waals surface area contributed by atoms with Gasteiger partial charge >= 0.3 is 0 Å². The van der Waals surface area contributed by atoms with E-state index in [0.717, 1.165) is 37.3 Å². The SMILES string of the molecule is O=C(c1ccc(Cl)c([N+](=O)[O-])c1)N1CCN(S(=O)(=O)c2ccc3c(c2)CCCC3)CC1. The van der Waals surface area contributed by atoms with Crippen molar-refractivity contribution < 1.29 is 18.1 Å². The fourth-order valence-electron chi connectivity index (χ4n) is 4.12. The van der Waals surface area contributed by atoms with Crippen molar-refractivity contribution in [1.29, 1.82) is 0 Å². The number of benzene rings is 2. The number of fused-ring (bicyclic) bond motifs is 1. The minimum Gasteiger partial charge on any atom is -0.336 e. The Morgan fingerprint density at radius 2 is 1.65 bits per heavy atom. The predicted molar refractivity (Wildman–Crippen MR) is 116 cm³/mol. The monoisotopic (exact) mass is 463 g/mol. The van der Waals surface area contributed by atoms with E-state index in [-0.39, 0.29) is 48.4 Å². The van der Waals surface area contributed by atoms with Gasteiger partial charge < -0.3 is 4.90 Å². The van der Waals surface area contributed by atoms with Crippen LogP contribution in [0, 0.1) is 10.1 Å². The lowest BCUT2D eigenvalue weighted by molar-refractivity contribution is -0.384. The highest BCUT2D eigenvalue weighted by Gasteiger charge is 2.31. The molecule has 31 heavy (non-hydrogen) atoms. The molecule has 10 heteroatoms. The number of nitro benzene ring substituents is 1. The lowest BCUT2D eigenvalue weighted by Crippen LogP contribution is -2.50. The first kappa shape index (κ1) is 21.7. The van der Waals surface area contributed by atoms with E-state index in [1.54, 1.807) is 12.1 Å². The van der Waals surface area contributed by atoms with Gasteiger partial charge in [-0.05, 0) is 61.1 Å². The summed E-state index contributed by atoms with van der Waals surface area (Å²) in [6.07, 6.45) is 4.08. The van der Waals surface area contributed by atoms with Crippen molar-refractivity contribution in [3.63, 3.8) is 0 Å². The normalized spacial score (nSPS) is 17.3. The van der Waals surface area contributed by atoms with Crippen LogP contribution in [0.4, 0.5) is 5.69 Å². The predicted octanol–water partition coefficient (Wildman–Crippen LogP) is 3.27. The van der Waals surface area contributed by atoms with E-state index in [1.807, 2.05) is 6.07 Å². The van der Waals surface area contributed by atoms with E-state index in [2.05, 4.69) is 0 Å². The molecule has 164 valence electrons. The molecular weight excluding hydrogens is 442 g/mol. The van der Waals surface area contributed by atoms with E-state index in [9.17, 15) is 23.3 Å². The Balaban J connectivity index is 1.46. The summed E-state index contributed by atoms with van der Waals surface area (Å²) in [6, 6.07) is 9.28. The average molecular weight is 464 g/mol. The molecule has 1 amide bonds. The molecule has 1 aliphatic heterocycles. The molecule has 0 unspecified atom stereocenters. The third-order valence-electron chi connectivity index (χ3n) is 5.87. The zero-order valence-electron chi connectivity index (χ0n) is 16.8. The van der Waals surface area contributed by atoms with Gasteiger partial charge in [-0.2, -0.15) is 4.31 Å². The Morgan fingerprint density at radius 3 is 2.32 bits per heavy atom. The Kier molecular flexibility index (Phi) is 6.00. The molecule has 8 nitrogen and oxygen atoms in total. The van der Waals surface area contributed by atoms with Gasteiger partial charge in [-0.15, -0.1) is 0 Å². The summed E-state index contributed by atoms with van der Waals surface area (Å²) >= 11 is 5.81. The van der Waals surface area contributed by atoms with Crippen LogP contribution in [-0.4, -0.2) is 54.6 Å². The van der Waals surface area contributed by atoms with Crippen LogP contribution in [-0.2, 0) is 22.9 Å². The zero-order valence-corrected chi connectivity index (χ0v) is 18.4. The Hall–Kier alpha value is -2.49. The van der Waals surface area contributed by atoms with Gasteiger partial charge in [0.15, 0.2) is 0 Å². The first-order valence-corrected chi connectivity index (χ1v) is 11.9. The molecule has 0 saturated carbocycles. The molecule has 0 spiro atoms. The van der Waals surface area contributed by atoms with Gasteiger partial charge in [0.25, 0.3) is 11.6 Å². The van der Waals surface area contributed by atoms with Crippen molar-refractivity contribution in [2.45, 2.75) is 30.6 Å². The summed E-state index contributed by atoms with van der Waals surface area (Å²) in [7, 11) is -3.64. The molecule has 0 N–H and O–H groups in total. The smallest absolute Gasteiger partial charge is 0.288 e. The third-order valence-corrected chi connectivity index (χ3v) is 8.09. The van der Waals surface area contributed by atoms with Crippen LogP contribution in [0.1, 0.15) is 34.3 Å². The second-order valence-corrected chi connectivity index (χ2v) is 10.1. The van der Waals surface area contributed by atoms with Gasteiger partial charge in [0.05, 0.1) is 9.82 Å². The van der Waals surface area contributed by atoms with Crippen molar-refractivity contribution in [3.05, 3.63) is 68.2 Å². The average Bonchev–Trinajstić information content (AvgIpc) is 2.78. The number of hydrogen-bond acceptors (Lipinski definition) is 5. The summed E-state index contributed by atoms with van der Waals surface area (Å²) < 4.78 is 27.6. The lowest BCUT2D eigenvalue weighted by Gasteiger charge is -2.34. The van der Waals surface area contributed by atoms with Gasteiger partial charge in [0.1, 0.15) is 5.02 Å². The standard InChI is InChI=1S/C21H22ClN3O5S/c22-19-8-6-17(14-20(19)25(27)28)21(26)23-9-11-24(12-10-23)31(29,30)18-7-5-15-3-1-2-4-16(15)13-18/h5-8,13-14H,1-4,9-12H2. The van der Waals surface area contributed by atoms with E-state index >= 15 is 0 Å². The number of piperazine rings is 1. The van der Waals surface area contributed by atoms with Crippen molar-refractivity contribution in [3.8, 4) is 0 Å². The molecular formula is C21H22ClN3O5S. The van der Waals surface area contributed by atoms with Crippen LogP contribution in [0.25, 0.3) is 0 Å². The molecule has 4 rings (SSSR count). The van der Waals surface area contributed by atoms with Crippen molar-refractivity contribution in [1.82, 2.24) is 9.21 Å². The molecule has 0 atom stereocenters. The van der Waals surface area contributed by atoms with Crippen molar-refractivity contribution in [2.24, 2.45) is 0 Å². The number of halogens is 1. The van der Waals surface area contributed by atoms with Crippen molar-refractivity contribution in [2.75, 3.05) is 26.2 Å². The summed E-state index contributed by atoms with van der Waals surface area (Å²) in [4.78, 5) is 25.0. The summed E-state index contributed by atoms with van der Waals surface area (Å²) in [5.74, 6) is -0.384. The molecule has 2 aromatic rings. The molecule has 2 aliphatic rings. The number of amides is 1. The number of nitrogens with zero attached hydrogens (tertiary/aromatic N) is 3. The highest BCUT2D eigenvalue weighted by atomic mass is 35.5. The number of hydrogen-bond donors (Lipinski definition) is 0. The van der Waals surface area contributed by atoms with Crippen LogP contribution < -0.4 is 0 Å². The first-order valence-electron chi connectivity index (χ1n) is 10.1. The Morgan fingerprint density at radius 1 is 0.968 bits per heavy atom. The minimum absolute atomic E-state index is 0.0393. The van der Waals surface area contributed by atoms with Gasteiger partial charge in [-0.25, -0.2) is 8.42 Å². The second-order valence-electron chi connectivity index (χ2n) is 7.76. The molecule has 0 radical (unpaired) electrons. The number of carbonyl (C=O) groups is 1. The molecule has 1 heterocycles. The van der Waals surface area contributed by atoms with Crippen molar-refractivity contribution >= 4 is 33.2 Å². The second kappa shape index (κ2) is 8.57. The summed E-state index contributed by atoms with van der Waals surface area (Å²) in [5.41, 5.74) is 2.14.